The van der Waals surface area contributed by atoms with Crippen molar-refractivity contribution in [1.82, 2.24) is 0 Å². The first-order chi connectivity index (χ1) is 5.83. The molecule has 0 aromatic heterocycles. The Bertz CT molecular complexity index is 304. The van der Waals surface area contributed by atoms with Crippen LogP contribution in [0.2, 0.25) is 0 Å². The maximum atomic E-state index is 12.6. The first-order valence-electron chi connectivity index (χ1n) is 4.07. The molecule has 1 aromatic rings. The van der Waals surface area contributed by atoms with Crippen molar-refractivity contribution < 1.29 is 4.39 Å². The van der Waals surface area contributed by atoms with Crippen LogP contribution < -0.4 is 0 Å². The van der Waals surface area contributed by atoms with Gasteiger partial charge in [-0.15, -0.1) is 0 Å². The Morgan fingerprint density at radius 1 is 1.42 bits per heavy atom. The number of hydrogen-bond donors (Lipinski definition) is 0. The van der Waals surface area contributed by atoms with Crippen LogP contribution in [-0.2, 0) is 0 Å². The molecule has 0 unspecified atom stereocenters. The third-order valence-electron chi connectivity index (χ3n) is 1.43. The zero-order chi connectivity index (χ0) is 8.81. The average molecular weight is 162 g/mol. The molecule has 0 amide bonds. The predicted octanol–water partition coefficient (Wildman–Crippen LogP) is 2.98. The number of halogens is 1. The van der Waals surface area contributed by atoms with Gasteiger partial charge in [0, 0.05) is 12.0 Å². The minimum atomic E-state index is -0.224. The van der Waals surface area contributed by atoms with Crippen molar-refractivity contribution in [3.8, 4) is 11.8 Å². The molecule has 0 nitrogen and oxygen atoms in total. The number of rotatable bonds is 1. The molecule has 0 N–H and O–H groups in total. The maximum absolute atomic E-state index is 12.6. The van der Waals surface area contributed by atoms with Crippen LogP contribution in [-0.4, -0.2) is 0 Å². The summed E-state index contributed by atoms with van der Waals surface area (Å²) in [6, 6.07) is 6.35. The summed E-state index contributed by atoms with van der Waals surface area (Å²) in [4.78, 5) is 0. The van der Waals surface area contributed by atoms with Crippen molar-refractivity contribution in [2.45, 2.75) is 19.8 Å². The zero-order valence-corrected chi connectivity index (χ0v) is 7.10. The Labute approximate surface area is 72.4 Å². The largest absolute Gasteiger partial charge is 0.207 e. The van der Waals surface area contributed by atoms with Crippen molar-refractivity contribution in [2.75, 3.05) is 0 Å². The van der Waals surface area contributed by atoms with E-state index in [1.807, 2.05) is 6.07 Å². The molecule has 0 saturated heterocycles. The first-order valence-corrected chi connectivity index (χ1v) is 4.07. The highest BCUT2D eigenvalue weighted by Crippen LogP contribution is 2.01. The quantitative estimate of drug-likeness (QED) is 0.557. The van der Waals surface area contributed by atoms with E-state index in [9.17, 15) is 4.39 Å². The van der Waals surface area contributed by atoms with Gasteiger partial charge in [-0.2, -0.15) is 0 Å². The molecule has 0 aliphatic carbocycles. The van der Waals surface area contributed by atoms with Gasteiger partial charge in [-0.3, -0.25) is 0 Å². The summed E-state index contributed by atoms with van der Waals surface area (Å²) in [6.45, 7) is 2.07. The normalized spacial score (nSPS) is 8.83. The summed E-state index contributed by atoms with van der Waals surface area (Å²) in [5, 5.41) is 0. The van der Waals surface area contributed by atoms with Crippen molar-refractivity contribution in [2.24, 2.45) is 0 Å². The fraction of sp³-hybridized carbons (Fsp3) is 0.273. The van der Waals surface area contributed by atoms with Gasteiger partial charge in [0.1, 0.15) is 5.82 Å². The van der Waals surface area contributed by atoms with E-state index in [1.54, 1.807) is 6.07 Å². The van der Waals surface area contributed by atoms with E-state index in [0.717, 1.165) is 18.4 Å². The molecule has 0 aliphatic heterocycles. The summed E-state index contributed by atoms with van der Waals surface area (Å²) in [5.74, 6) is 5.63. The smallest absolute Gasteiger partial charge is 0.124 e. The topological polar surface area (TPSA) is 0 Å². The fourth-order valence-corrected chi connectivity index (χ4v) is 0.856. The first kappa shape index (κ1) is 8.80. The average Bonchev–Trinajstić information content (AvgIpc) is 2.05. The highest BCUT2D eigenvalue weighted by molar-refractivity contribution is 5.33. The molecule has 1 aromatic carbocycles. The van der Waals surface area contributed by atoms with Crippen LogP contribution in [0.5, 0.6) is 0 Å². The van der Waals surface area contributed by atoms with E-state index in [0.29, 0.717) is 0 Å². The van der Waals surface area contributed by atoms with Gasteiger partial charge in [-0.05, 0) is 24.6 Å². The van der Waals surface area contributed by atoms with E-state index >= 15 is 0 Å². The summed E-state index contributed by atoms with van der Waals surface area (Å²) in [7, 11) is 0. The number of hydrogen-bond acceptors (Lipinski definition) is 0. The van der Waals surface area contributed by atoms with Crippen LogP contribution in [0.25, 0.3) is 0 Å². The van der Waals surface area contributed by atoms with Gasteiger partial charge in [0.2, 0.25) is 0 Å². The maximum Gasteiger partial charge on any atom is 0.124 e. The molecule has 0 aliphatic rings. The Morgan fingerprint density at radius 2 is 2.25 bits per heavy atom. The highest BCUT2D eigenvalue weighted by atomic mass is 19.1. The molecule has 0 radical (unpaired) electrons. The molecule has 0 atom stereocenters. The SMILES string of the molecule is CCCC#Cc1cccc(F)c1. The fourth-order valence-electron chi connectivity index (χ4n) is 0.856. The third kappa shape index (κ3) is 2.75. The lowest BCUT2D eigenvalue weighted by molar-refractivity contribution is 0.627. The van der Waals surface area contributed by atoms with Crippen LogP contribution in [0, 0.1) is 17.7 Å². The van der Waals surface area contributed by atoms with Gasteiger partial charge in [-0.1, -0.05) is 24.8 Å². The van der Waals surface area contributed by atoms with Gasteiger partial charge in [0.25, 0.3) is 0 Å². The summed E-state index contributed by atoms with van der Waals surface area (Å²) in [6.07, 6.45) is 1.92. The third-order valence-corrected chi connectivity index (χ3v) is 1.43. The minimum Gasteiger partial charge on any atom is -0.207 e. The van der Waals surface area contributed by atoms with Gasteiger partial charge >= 0.3 is 0 Å². The molecule has 1 heteroatoms. The molecular formula is C11H11F. The van der Waals surface area contributed by atoms with Crippen molar-refractivity contribution in [3.05, 3.63) is 35.6 Å². The van der Waals surface area contributed by atoms with E-state index in [4.69, 9.17) is 0 Å². The molecule has 0 bridgehead atoms. The predicted molar refractivity (Wildman–Crippen MR) is 48.2 cm³/mol. The second-order valence-corrected chi connectivity index (χ2v) is 2.56. The Balaban J connectivity index is 2.71. The Morgan fingerprint density at radius 3 is 2.92 bits per heavy atom. The summed E-state index contributed by atoms with van der Waals surface area (Å²) >= 11 is 0. The molecule has 0 spiro atoms. The molecule has 0 saturated carbocycles. The van der Waals surface area contributed by atoms with Gasteiger partial charge in [0.05, 0.1) is 0 Å². The molecular weight excluding hydrogens is 151 g/mol. The van der Waals surface area contributed by atoms with Crippen LogP contribution in [0.4, 0.5) is 4.39 Å². The van der Waals surface area contributed by atoms with Crippen LogP contribution in [0.3, 0.4) is 0 Å². The summed E-state index contributed by atoms with van der Waals surface area (Å²) < 4.78 is 12.6. The number of unbranched alkanes of at least 4 members (excludes halogenated alkanes) is 1. The van der Waals surface area contributed by atoms with Gasteiger partial charge in [0.15, 0.2) is 0 Å². The number of benzene rings is 1. The second-order valence-electron chi connectivity index (χ2n) is 2.56. The standard InChI is InChI=1S/C11H11F/c1-2-3-4-6-10-7-5-8-11(12)9-10/h5,7-9H,2-3H2,1H3. The Hall–Kier alpha value is -1.29. The lowest BCUT2D eigenvalue weighted by Crippen LogP contribution is -1.76. The minimum absolute atomic E-state index is 0.224. The van der Waals surface area contributed by atoms with Gasteiger partial charge < -0.3 is 0 Å². The molecule has 12 heavy (non-hydrogen) atoms. The zero-order valence-electron chi connectivity index (χ0n) is 7.10. The van der Waals surface area contributed by atoms with Crippen molar-refractivity contribution in [3.63, 3.8) is 0 Å². The monoisotopic (exact) mass is 162 g/mol. The van der Waals surface area contributed by atoms with Crippen molar-refractivity contribution >= 4 is 0 Å². The highest BCUT2D eigenvalue weighted by Gasteiger charge is 1.88. The van der Waals surface area contributed by atoms with Gasteiger partial charge in [-0.25, -0.2) is 4.39 Å². The van der Waals surface area contributed by atoms with E-state index < -0.39 is 0 Å². The second kappa shape index (κ2) is 4.56. The molecule has 62 valence electrons. The molecule has 0 heterocycles. The van der Waals surface area contributed by atoms with Crippen molar-refractivity contribution in [1.29, 1.82) is 0 Å². The van der Waals surface area contributed by atoms with Crippen LogP contribution in [0.1, 0.15) is 25.3 Å². The lowest BCUT2D eigenvalue weighted by atomic mass is 10.2. The molecule has 0 fully saturated rings. The van der Waals surface area contributed by atoms with E-state index in [1.165, 1.54) is 12.1 Å². The Kier molecular flexibility index (Phi) is 3.35. The van der Waals surface area contributed by atoms with Crippen LogP contribution in [0.15, 0.2) is 24.3 Å². The lowest BCUT2D eigenvalue weighted by Gasteiger charge is -1.88. The molecule has 1 rings (SSSR count). The summed E-state index contributed by atoms with van der Waals surface area (Å²) in [5.41, 5.74) is 0.753. The van der Waals surface area contributed by atoms with Crippen LogP contribution >= 0.6 is 0 Å². The van der Waals surface area contributed by atoms with E-state index in [2.05, 4.69) is 18.8 Å². The van der Waals surface area contributed by atoms with E-state index in [-0.39, 0.29) is 5.82 Å².